The standard InChI is InChI=1S/C19H20ClNO5/c1-3-25-11-14-9-13(7-8-17(14)24-2)19(23)26-12-18(22)21-16-6-4-5-15(20)10-16/h4-10H,3,11-12H2,1-2H3,(H,21,22). The number of hydrogen-bond acceptors (Lipinski definition) is 5. The monoisotopic (exact) mass is 377 g/mol. The zero-order valence-corrected chi connectivity index (χ0v) is 15.3. The van der Waals surface area contributed by atoms with E-state index in [1.807, 2.05) is 6.92 Å². The summed E-state index contributed by atoms with van der Waals surface area (Å²) in [5.74, 6) is -0.441. The SMILES string of the molecule is CCOCc1cc(C(=O)OCC(=O)Nc2cccc(Cl)c2)ccc1OC. The van der Waals surface area contributed by atoms with Crippen molar-refractivity contribution < 1.29 is 23.8 Å². The summed E-state index contributed by atoms with van der Waals surface area (Å²) < 4.78 is 15.7. The van der Waals surface area contributed by atoms with Crippen molar-refractivity contribution in [1.29, 1.82) is 0 Å². The number of amides is 1. The summed E-state index contributed by atoms with van der Waals surface area (Å²) in [5, 5.41) is 3.11. The first-order valence-corrected chi connectivity index (χ1v) is 8.38. The summed E-state index contributed by atoms with van der Waals surface area (Å²) >= 11 is 5.85. The van der Waals surface area contributed by atoms with Crippen LogP contribution in [-0.2, 0) is 20.9 Å². The molecule has 2 aromatic rings. The molecule has 2 rings (SSSR count). The molecule has 0 unspecified atom stereocenters. The van der Waals surface area contributed by atoms with Crippen LogP contribution in [0.1, 0.15) is 22.8 Å². The summed E-state index contributed by atoms with van der Waals surface area (Å²) in [7, 11) is 1.54. The van der Waals surface area contributed by atoms with E-state index in [2.05, 4.69) is 5.32 Å². The maximum atomic E-state index is 12.2. The Balaban J connectivity index is 1.95. The van der Waals surface area contributed by atoms with Crippen molar-refractivity contribution in [3.8, 4) is 5.75 Å². The Bertz CT molecular complexity index is 778. The number of rotatable bonds is 8. The first-order chi connectivity index (χ1) is 12.5. The van der Waals surface area contributed by atoms with Gasteiger partial charge in [0, 0.05) is 22.9 Å². The number of ether oxygens (including phenoxy) is 3. The van der Waals surface area contributed by atoms with Gasteiger partial charge in [-0.1, -0.05) is 17.7 Å². The Morgan fingerprint density at radius 3 is 2.65 bits per heavy atom. The molecule has 0 aliphatic rings. The molecule has 6 nitrogen and oxygen atoms in total. The van der Waals surface area contributed by atoms with Crippen LogP contribution in [0, 0.1) is 0 Å². The molecule has 0 heterocycles. The van der Waals surface area contributed by atoms with E-state index >= 15 is 0 Å². The molecular weight excluding hydrogens is 358 g/mol. The van der Waals surface area contributed by atoms with Gasteiger partial charge in [0.15, 0.2) is 6.61 Å². The van der Waals surface area contributed by atoms with Crippen LogP contribution in [0.5, 0.6) is 5.75 Å². The molecule has 138 valence electrons. The minimum absolute atomic E-state index is 0.316. The van der Waals surface area contributed by atoms with Crippen molar-refractivity contribution in [2.24, 2.45) is 0 Å². The van der Waals surface area contributed by atoms with Crippen LogP contribution in [0.25, 0.3) is 0 Å². The highest BCUT2D eigenvalue weighted by Gasteiger charge is 2.13. The van der Waals surface area contributed by atoms with Crippen LogP contribution in [0.4, 0.5) is 5.69 Å². The van der Waals surface area contributed by atoms with Gasteiger partial charge in [-0.2, -0.15) is 0 Å². The van der Waals surface area contributed by atoms with Crippen molar-refractivity contribution in [3.05, 3.63) is 58.6 Å². The van der Waals surface area contributed by atoms with Gasteiger partial charge >= 0.3 is 5.97 Å². The summed E-state index contributed by atoms with van der Waals surface area (Å²) in [6.07, 6.45) is 0. The second kappa shape index (κ2) is 9.79. The predicted molar refractivity (Wildman–Crippen MR) is 98.7 cm³/mol. The van der Waals surface area contributed by atoms with Crippen LogP contribution in [0.15, 0.2) is 42.5 Å². The lowest BCUT2D eigenvalue weighted by Gasteiger charge is -2.11. The molecular formula is C19H20ClNO5. The number of halogens is 1. The van der Waals surface area contributed by atoms with Gasteiger partial charge in [-0.25, -0.2) is 4.79 Å². The van der Waals surface area contributed by atoms with Crippen LogP contribution in [0.2, 0.25) is 5.02 Å². The predicted octanol–water partition coefficient (Wildman–Crippen LogP) is 3.68. The Labute approximate surface area is 157 Å². The average molecular weight is 378 g/mol. The van der Waals surface area contributed by atoms with Gasteiger partial charge in [-0.15, -0.1) is 0 Å². The third-order valence-electron chi connectivity index (χ3n) is 3.42. The smallest absolute Gasteiger partial charge is 0.338 e. The number of anilines is 1. The maximum Gasteiger partial charge on any atom is 0.338 e. The Hall–Kier alpha value is -2.57. The first-order valence-electron chi connectivity index (χ1n) is 8.00. The van der Waals surface area contributed by atoms with Gasteiger partial charge in [-0.3, -0.25) is 4.79 Å². The normalized spacial score (nSPS) is 10.3. The fourth-order valence-corrected chi connectivity index (χ4v) is 2.40. The summed E-state index contributed by atoms with van der Waals surface area (Å²) in [4.78, 5) is 24.1. The van der Waals surface area contributed by atoms with E-state index in [1.165, 1.54) is 0 Å². The largest absolute Gasteiger partial charge is 0.496 e. The van der Waals surface area contributed by atoms with E-state index in [-0.39, 0.29) is 0 Å². The van der Waals surface area contributed by atoms with Gasteiger partial charge in [0.25, 0.3) is 5.91 Å². The van der Waals surface area contributed by atoms with E-state index in [0.29, 0.717) is 35.2 Å². The average Bonchev–Trinajstić information content (AvgIpc) is 2.64. The summed E-state index contributed by atoms with van der Waals surface area (Å²) in [6, 6.07) is 11.6. The number of carbonyl (C=O) groups excluding carboxylic acids is 2. The van der Waals surface area contributed by atoms with Gasteiger partial charge in [0.1, 0.15) is 5.75 Å². The fourth-order valence-electron chi connectivity index (χ4n) is 2.21. The highest BCUT2D eigenvalue weighted by molar-refractivity contribution is 6.30. The fraction of sp³-hybridized carbons (Fsp3) is 0.263. The van der Waals surface area contributed by atoms with E-state index in [0.717, 1.165) is 5.56 Å². The number of benzene rings is 2. The maximum absolute atomic E-state index is 12.2. The Morgan fingerprint density at radius 2 is 1.96 bits per heavy atom. The second-order valence-corrected chi connectivity index (χ2v) is 5.73. The molecule has 2 aromatic carbocycles. The number of hydrogen-bond donors (Lipinski definition) is 1. The quantitative estimate of drug-likeness (QED) is 0.710. The zero-order chi connectivity index (χ0) is 18.9. The third-order valence-corrected chi connectivity index (χ3v) is 3.66. The van der Waals surface area contributed by atoms with E-state index in [9.17, 15) is 9.59 Å². The minimum atomic E-state index is -0.605. The first kappa shape index (κ1) is 19.8. The Morgan fingerprint density at radius 1 is 1.15 bits per heavy atom. The lowest BCUT2D eigenvalue weighted by molar-refractivity contribution is -0.119. The molecule has 0 aliphatic heterocycles. The molecule has 26 heavy (non-hydrogen) atoms. The molecule has 0 atom stereocenters. The molecule has 0 saturated heterocycles. The van der Waals surface area contributed by atoms with Gasteiger partial charge in [0.2, 0.25) is 0 Å². The Kier molecular flexibility index (Phi) is 7.44. The summed E-state index contributed by atoms with van der Waals surface area (Å²) in [6.45, 7) is 2.33. The number of methoxy groups -OCH3 is 1. The van der Waals surface area contributed by atoms with E-state index in [1.54, 1.807) is 49.6 Å². The molecule has 1 amide bonds. The highest BCUT2D eigenvalue weighted by atomic mass is 35.5. The highest BCUT2D eigenvalue weighted by Crippen LogP contribution is 2.21. The zero-order valence-electron chi connectivity index (χ0n) is 14.6. The minimum Gasteiger partial charge on any atom is -0.496 e. The van der Waals surface area contributed by atoms with Crippen molar-refractivity contribution in [1.82, 2.24) is 0 Å². The summed E-state index contributed by atoms with van der Waals surface area (Å²) in [5.41, 5.74) is 1.57. The molecule has 0 fully saturated rings. The topological polar surface area (TPSA) is 73.9 Å². The van der Waals surface area contributed by atoms with Crippen molar-refractivity contribution in [3.63, 3.8) is 0 Å². The van der Waals surface area contributed by atoms with E-state index < -0.39 is 18.5 Å². The second-order valence-electron chi connectivity index (χ2n) is 5.30. The molecule has 0 radical (unpaired) electrons. The number of carbonyl (C=O) groups is 2. The van der Waals surface area contributed by atoms with Gasteiger partial charge < -0.3 is 19.5 Å². The molecule has 0 spiro atoms. The molecule has 1 N–H and O–H groups in total. The molecule has 7 heteroatoms. The molecule has 0 aromatic heterocycles. The van der Waals surface area contributed by atoms with Crippen molar-refractivity contribution in [2.75, 3.05) is 25.6 Å². The number of nitrogens with one attached hydrogen (secondary N) is 1. The lowest BCUT2D eigenvalue weighted by atomic mass is 10.1. The van der Waals surface area contributed by atoms with Crippen LogP contribution < -0.4 is 10.1 Å². The van der Waals surface area contributed by atoms with Gasteiger partial charge in [0.05, 0.1) is 19.3 Å². The van der Waals surface area contributed by atoms with Crippen molar-refractivity contribution >= 4 is 29.2 Å². The number of esters is 1. The van der Waals surface area contributed by atoms with Gasteiger partial charge in [-0.05, 0) is 43.3 Å². The molecule has 0 bridgehead atoms. The van der Waals surface area contributed by atoms with Crippen LogP contribution in [0.3, 0.4) is 0 Å². The lowest BCUT2D eigenvalue weighted by Crippen LogP contribution is -2.21. The molecule has 0 aliphatic carbocycles. The van der Waals surface area contributed by atoms with Crippen molar-refractivity contribution in [2.45, 2.75) is 13.5 Å². The third kappa shape index (κ3) is 5.75. The molecule has 0 saturated carbocycles. The van der Waals surface area contributed by atoms with E-state index in [4.69, 9.17) is 25.8 Å². The van der Waals surface area contributed by atoms with Crippen LogP contribution >= 0.6 is 11.6 Å². The van der Waals surface area contributed by atoms with Crippen LogP contribution in [-0.4, -0.2) is 32.2 Å².